The van der Waals surface area contributed by atoms with Gasteiger partial charge in [-0.3, -0.25) is 4.79 Å². The monoisotopic (exact) mass is 355 g/mol. The van der Waals surface area contributed by atoms with E-state index in [4.69, 9.17) is 4.74 Å². The number of carbonyl (C=O) groups excluding carboxylic acids is 1. The summed E-state index contributed by atoms with van der Waals surface area (Å²) in [6, 6.07) is 10.4. The van der Waals surface area contributed by atoms with Gasteiger partial charge in [0.05, 0.1) is 13.2 Å². The van der Waals surface area contributed by atoms with Crippen LogP contribution in [-0.4, -0.2) is 37.2 Å². The Balaban J connectivity index is 1.27. The number of ether oxygens (including phenoxy) is 1. The van der Waals surface area contributed by atoms with E-state index in [9.17, 15) is 9.18 Å². The van der Waals surface area contributed by atoms with Gasteiger partial charge in [0, 0.05) is 31.7 Å². The molecule has 2 atom stereocenters. The third kappa shape index (κ3) is 3.85. The number of nitrogens with zero attached hydrogens (tertiary/aromatic N) is 2. The molecule has 4 rings (SSSR count). The maximum atomic E-state index is 13.0. The molecule has 1 aliphatic heterocycles. The summed E-state index contributed by atoms with van der Waals surface area (Å²) in [6.45, 7) is 3.65. The second-order valence-corrected chi connectivity index (χ2v) is 6.84. The van der Waals surface area contributed by atoms with E-state index in [1.54, 1.807) is 12.1 Å². The molecule has 5 nitrogen and oxygen atoms in total. The van der Waals surface area contributed by atoms with Crippen LogP contribution in [0.1, 0.15) is 23.5 Å². The summed E-state index contributed by atoms with van der Waals surface area (Å²) in [5.74, 6) is 0.945. The average Bonchev–Trinajstić information content (AvgIpc) is 3.49. The molecule has 136 valence electrons. The van der Waals surface area contributed by atoms with Crippen molar-refractivity contribution >= 4 is 11.7 Å². The lowest BCUT2D eigenvalue weighted by atomic mass is 10.1. The van der Waals surface area contributed by atoms with Gasteiger partial charge >= 0.3 is 0 Å². The lowest BCUT2D eigenvalue weighted by molar-refractivity contribution is -0.122. The highest BCUT2D eigenvalue weighted by Gasteiger charge is 2.43. The lowest BCUT2D eigenvalue weighted by Gasteiger charge is -2.27. The number of halogens is 1. The number of amides is 1. The van der Waals surface area contributed by atoms with E-state index in [2.05, 4.69) is 15.2 Å². The highest BCUT2D eigenvalue weighted by molar-refractivity contribution is 5.82. The van der Waals surface area contributed by atoms with Crippen LogP contribution < -0.4 is 10.2 Å². The SMILES string of the molecule is O=C(NCc1ccc(N2CCOCC2)nc1)C1CC1c1ccc(F)cc1. The van der Waals surface area contributed by atoms with Crippen LogP contribution in [0, 0.1) is 11.7 Å². The number of pyridine rings is 1. The van der Waals surface area contributed by atoms with Crippen molar-refractivity contribution in [2.24, 2.45) is 5.92 Å². The number of nitrogens with one attached hydrogen (secondary N) is 1. The normalized spacial score (nSPS) is 22.1. The van der Waals surface area contributed by atoms with Crippen LogP contribution in [0.2, 0.25) is 0 Å². The number of anilines is 1. The van der Waals surface area contributed by atoms with Crippen LogP contribution in [0.25, 0.3) is 0 Å². The predicted octanol–water partition coefficient (Wildman–Crippen LogP) is 2.48. The fraction of sp³-hybridized carbons (Fsp3) is 0.400. The van der Waals surface area contributed by atoms with Crippen molar-refractivity contribution in [2.75, 3.05) is 31.2 Å². The van der Waals surface area contributed by atoms with Gasteiger partial charge in [0.2, 0.25) is 5.91 Å². The van der Waals surface area contributed by atoms with Crippen molar-refractivity contribution in [1.82, 2.24) is 10.3 Å². The number of hydrogen-bond acceptors (Lipinski definition) is 4. The molecule has 2 unspecified atom stereocenters. The van der Waals surface area contributed by atoms with Gasteiger partial charge in [-0.2, -0.15) is 0 Å². The Labute approximate surface area is 152 Å². The zero-order valence-corrected chi connectivity index (χ0v) is 14.5. The van der Waals surface area contributed by atoms with Crippen molar-refractivity contribution in [3.63, 3.8) is 0 Å². The van der Waals surface area contributed by atoms with E-state index < -0.39 is 0 Å². The molecule has 1 saturated heterocycles. The Hall–Kier alpha value is -2.47. The van der Waals surface area contributed by atoms with Gasteiger partial charge < -0.3 is 15.0 Å². The molecule has 6 heteroatoms. The van der Waals surface area contributed by atoms with Gasteiger partial charge in [0.15, 0.2) is 0 Å². The van der Waals surface area contributed by atoms with Crippen molar-refractivity contribution in [3.8, 4) is 0 Å². The van der Waals surface area contributed by atoms with Crippen LogP contribution in [0.15, 0.2) is 42.6 Å². The van der Waals surface area contributed by atoms with Gasteiger partial charge in [0.1, 0.15) is 11.6 Å². The average molecular weight is 355 g/mol. The maximum absolute atomic E-state index is 13.0. The molecule has 2 aromatic rings. The van der Waals surface area contributed by atoms with Crippen LogP contribution >= 0.6 is 0 Å². The van der Waals surface area contributed by atoms with E-state index in [0.29, 0.717) is 6.54 Å². The molecular formula is C20H22FN3O2. The second-order valence-electron chi connectivity index (χ2n) is 6.84. The summed E-state index contributed by atoms with van der Waals surface area (Å²) in [5, 5.41) is 2.98. The second kappa shape index (κ2) is 7.41. The molecular weight excluding hydrogens is 333 g/mol. The van der Waals surface area contributed by atoms with Crippen LogP contribution in [-0.2, 0) is 16.1 Å². The Bertz CT molecular complexity index is 758. The highest BCUT2D eigenvalue weighted by atomic mass is 19.1. The van der Waals surface area contributed by atoms with Crippen LogP contribution in [0.4, 0.5) is 10.2 Å². The van der Waals surface area contributed by atoms with E-state index in [0.717, 1.165) is 49.7 Å². The van der Waals surface area contributed by atoms with Crippen LogP contribution in [0.3, 0.4) is 0 Å². The van der Waals surface area contributed by atoms with Gasteiger partial charge in [-0.25, -0.2) is 9.37 Å². The number of benzene rings is 1. The molecule has 1 aromatic heterocycles. The summed E-state index contributed by atoms with van der Waals surface area (Å²) in [5.41, 5.74) is 2.01. The predicted molar refractivity (Wildman–Crippen MR) is 96.4 cm³/mol. The topological polar surface area (TPSA) is 54.5 Å². The smallest absolute Gasteiger partial charge is 0.224 e. The van der Waals surface area contributed by atoms with Gasteiger partial charge in [-0.1, -0.05) is 18.2 Å². The summed E-state index contributed by atoms with van der Waals surface area (Å²) in [6.07, 6.45) is 2.64. The maximum Gasteiger partial charge on any atom is 0.224 e. The Kier molecular flexibility index (Phi) is 4.84. The van der Waals surface area contributed by atoms with Gasteiger partial charge in [-0.05, 0) is 41.7 Å². The van der Waals surface area contributed by atoms with Crippen molar-refractivity contribution < 1.29 is 13.9 Å². The van der Waals surface area contributed by atoms with Crippen LogP contribution in [0.5, 0.6) is 0 Å². The fourth-order valence-corrected chi connectivity index (χ4v) is 3.38. The van der Waals surface area contributed by atoms with Gasteiger partial charge in [-0.15, -0.1) is 0 Å². The highest BCUT2D eigenvalue weighted by Crippen LogP contribution is 2.47. The lowest BCUT2D eigenvalue weighted by Crippen LogP contribution is -2.36. The molecule has 1 N–H and O–H groups in total. The molecule has 0 spiro atoms. The zero-order chi connectivity index (χ0) is 17.9. The minimum atomic E-state index is -0.247. The summed E-state index contributed by atoms with van der Waals surface area (Å²) in [4.78, 5) is 19.0. The summed E-state index contributed by atoms with van der Waals surface area (Å²) >= 11 is 0. The zero-order valence-electron chi connectivity index (χ0n) is 14.5. The molecule has 2 aliphatic rings. The first-order valence-corrected chi connectivity index (χ1v) is 9.01. The molecule has 0 radical (unpaired) electrons. The van der Waals surface area contributed by atoms with Crippen molar-refractivity contribution in [1.29, 1.82) is 0 Å². The van der Waals surface area contributed by atoms with E-state index >= 15 is 0 Å². The fourth-order valence-electron chi connectivity index (χ4n) is 3.38. The summed E-state index contributed by atoms with van der Waals surface area (Å²) in [7, 11) is 0. The Morgan fingerprint density at radius 2 is 1.96 bits per heavy atom. The first-order valence-electron chi connectivity index (χ1n) is 9.01. The molecule has 0 bridgehead atoms. The summed E-state index contributed by atoms with van der Waals surface area (Å²) < 4.78 is 18.3. The molecule has 1 amide bonds. The number of hydrogen-bond donors (Lipinski definition) is 1. The molecule has 1 saturated carbocycles. The third-order valence-electron chi connectivity index (χ3n) is 5.04. The number of morpholine rings is 1. The quantitative estimate of drug-likeness (QED) is 0.895. The first-order chi connectivity index (χ1) is 12.7. The molecule has 26 heavy (non-hydrogen) atoms. The number of rotatable bonds is 5. The molecule has 2 heterocycles. The molecule has 1 aromatic carbocycles. The molecule has 1 aliphatic carbocycles. The largest absolute Gasteiger partial charge is 0.378 e. The van der Waals surface area contributed by atoms with E-state index in [-0.39, 0.29) is 23.6 Å². The number of carbonyl (C=O) groups is 1. The van der Waals surface area contributed by atoms with Crippen molar-refractivity contribution in [2.45, 2.75) is 18.9 Å². The minimum Gasteiger partial charge on any atom is -0.378 e. The Morgan fingerprint density at radius 1 is 1.19 bits per heavy atom. The molecule has 2 fully saturated rings. The Morgan fingerprint density at radius 3 is 2.65 bits per heavy atom. The third-order valence-corrected chi connectivity index (χ3v) is 5.04. The van der Waals surface area contributed by atoms with E-state index in [1.807, 2.05) is 18.3 Å². The standard InChI is InChI=1S/C20H22FN3O2/c21-16-4-2-15(3-5-16)17-11-18(17)20(25)23-13-14-1-6-19(22-12-14)24-7-9-26-10-8-24/h1-6,12,17-18H,7-11,13H2,(H,23,25). The first kappa shape index (κ1) is 17.0. The van der Waals surface area contributed by atoms with Gasteiger partial charge in [0.25, 0.3) is 0 Å². The van der Waals surface area contributed by atoms with Crippen molar-refractivity contribution in [3.05, 3.63) is 59.5 Å². The minimum absolute atomic E-state index is 0.0129. The number of aromatic nitrogens is 1. The van der Waals surface area contributed by atoms with E-state index in [1.165, 1.54) is 12.1 Å².